The molecule has 1 aliphatic rings. The first-order valence-electron chi connectivity index (χ1n) is 7.75. The maximum absolute atomic E-state index is 12.2. The summed E-state index contributed by atoms with van der Waals surface area (Å²) in [5.74, 6) is -0.146. The zero-order valence-electron chi connectivity index (χ0n) is 13.1. The lowest BCUT2D eigenvalue weighted by molar-refractivity contribution is -0.121. The van der Waals surface area contributed by atoms with Crippen LogP contribution in [-0.4, -0.2) is 20.4 Å². The monoisotopic (exact) mass is 341 g/mol. The number of nitrogens with zero attached hydrogens (tertiary/aromatic N) is 2. The van der Waals surface area contributed by atoms with Crippen molar-refractivity contribution in [3.63, 3.8) is 0 Å². The second kappa shape index (κ2) is 5.53. The van der Waals surface area contributed by atoms with Crippen molar-refractivity contribution in [1.29, 1.82) is 0 Å². The summed E-state index contributed by atoms with van der Waals surface area (Å²) in [7, 11) is 0. The Morgan fingerprint density at radius 1 is 1.33 bits per heavy atom. The molecule has 0 saturated heterocycles. The van der Waals surface area contributed by atoms with Gasteiger partial charge in [0.15, 0.2) is 0 Å². The van der Waals surface area contributed by atoms with Gasteiger partial charge in [-0.15, -0.1) is 0 Å². The Kier molecular flexibility index (Phi) is 3.46. The van der Waals surface area contributed by atoms with Gasteiger partial charge in [-0.3, -0.25) is 4.79 Å². The molecule has 0 unspecified atom stereocenters. The van der Waals surface area contributed by atoms with Gasteiger partial charge in [0.1, 0.15) is 11.4 Å². The zero-order chi connectivity index (χ0) is 16.8. The van der Waals surface area contributed by atoms with E-state index in [1.54, 1.807) is 12.1 Å². The van der Waals surface area contributed by atoms with Gasteiger partial charge >= 0.3 is 0 Å². The molecule has 24 heavy (non-hydrogen) atoms. The Hall–Kier alpha value is -2.53. The van der Waals surface area contributed by atoms with E-state index in [2.05, 4.69) is 10.3 Å². The third-order valence-corrected chi connectivity index (χ3v) is 4.74. The molecule has 1 aliphatic heterocycles. The number of hydrogen-bond donors (Lipinski definition) is 2. The minimum Gasteiger partial charge on any atom is -0.508 e. The third kappa shape index (κ3) is 2.41. The molecule has 2 N–H and O–H groups in total. The lowest BCUT2D eigenvalue weighted by Crippen LogP contribution is -2.21. The van der Waals surface area contributed by atoms with Gasteiger partial charge in [0.05, 0.1) is 17.9 Å². The van der Waals surface area contributed by atoms with E-state index in [1.165, 1.54) is 6.07 Å². The molecule has 2 aromatic heterocycles. The molecule has 5 nitrogen and oxygen atoms in total. The van der Waals surface area contributed by atoms with Gasteiger partial charge in [0, 0.05) is 23.6 Å². The molecule has 6 heteroatoms. The zero-order valence-corrected chi connectivity index (χ0v) is 13.8. The van der Waals surface area contributed by atoms with Crippen molar-refractivity contribution in [3.05, 3.63) is 64.1 Å². The summed E-state index contributed by atoms with van der Waals surface area (Å²) in [6, 6.07) is 8.87. The molecule has 0 aliphatic carbocycles. The summed E-state index contributed by atoms with van der Waals surface area (Å²) in [6.45, 7) is 2.43. The highest BCUT2D eigenvalue weighted by atomic mass is 35.5. The molecule has 3 heterocycles. The average Bonchev–Trinajstić information content (AvgIpc) is 2.80. The van der Waals surface area contributed by atoms with Gasteiger partial charge in [-0.2, -0.15) is 0 Å². The number of halogens is 1. The fourth-order valence-electron chi connectivity index (χ4n) is 3.31. The van der Waals surface area contributed by atoms with Crippen LogP contribution in [0.2, 0.25) is 5.02 Å². The number of fused-ring (bicyclic) bond motifs is 3. The molecule has 0 spiro atoms. The SMILES string of the molecule is Cc1ccc2nc3c(n2c1)[C@@H](c1ccc(O)cc1Cl)CC(=O)NC3. The van der Waals surface area contributed by atoms with Gasteiger partial charge in [0.2, 0.25) is 5.91 Å². The Balaban J connectivity index is 1.98. The number of aromatic hydroxyl groups is 1. The van der Waals surface area contributed by atoms with Gasteiger partial charge < -0.3 is 14.8 Å². The van der Waals surface area contributed by atoms with E-state index in [0.29, 0.717) is 18.0 Å². The summed E-state index contributed by atoms with van der Waals surface area (Å²) < 4.78 is 2.04. The number of aryl methyl sites for hydroxylation is 1. The maximum Gasteiger partial charge on any atom is 0.221 e. The molecule has 4 rings (SSSR count). The molecule has 1 aromatic carbocycles. The molecular weight excluding hydrogens is 326 g/mol. The summed E-state index contributed by atoms with van der Waals surface area (Å²) in [5, 5.41) is 13.0. The van der Waals surface area contributed by atoms with E-state index < -0.39 is 0 Å². The average molecular weight is 342 g/mol. The van der Waals surface area contributed by atoms with Crippen molar-refractivity contribution in [1.82, 2.24) is 14.7 Å². The topological polar surface area (TPSA) is 66.6 Å². The van der Waals surface area contributed by atoms with Crippen molar-refractivity contribution >= 4 is 23.2 Å². The fraction of sp³-hybridized carbons (Fsp3) is 0.222. The van der Waals surface area contributed by atoms with Gasteiger partial charge in [-0.25, -0.2) is 4.98 Å². The maximum atomic E-state index is 12.2. The van der Waals surface area contributed by atoms with Crippen molar-refractivity contribution in [3.8, 4) is 5.75 Å². The molecule has 3 aromatic rings. The summed E-state index contributed by atoms with van der Waals surface area (Å²) in [4.78, 5) is 16.8. The standard InChI is InChI=1S/C18H16ClN3O2/c1-10-2-5-16-21-15-8-20-17(24)7-13(18(15)22(16)9-10)12-4-3-11(23)6-14(12)19/h2-6,9,13,23H,7-8H2,1H3,(H,20,24)/t13-/m1/s1. The van der Waals surface area contributed by atoms with Crippen LogP contribution in [0.4, 0.5) is 0 Å². The van der Waals surface area contributed by atoms with Crippen LogP contribution < -0.4 is 5.32 Å². The first-order valence-corrected chi connectivity index (χ1v) is 8.13. The van der Waals surface area contributed by atoms with E-state index in [9.17, 15) is 9.90 Å². The number of aromatic nitrogens is 2. The number of phenols is 1. The molecule has 1 atom stereocenters. The number of carbonyl (C=O) groups excluding carboxylic acids is 1. The number of nitrogens with one attached hydrogen (secondary N) is 1. The van der Waals surface area contributed by atoms with E-state index in [4.69, 9.17) is 11.6 Å². The Labute approximate surface area is 143 Å². The van der Waals surface area contributed by atoms with Crippen LogP contribution in [0, 0.1) is 6.92 Å². The minimum atomic E-state index is -0.215. The van der Waals surface area contributed by atoms with Crippen LogP contribution in [0.5, 0.6) is 5.75 Å². The van der Waals surface area contributed by atoms with Gasteiger partial charge in [-0.1, -0.05) is 23.7 Å². The van der Waals surface area contributed by atoms with Crippen LogP contribution in [0.1, 0.15) is 34.9 Å². The predicted molar refractivity (Wildman–Crippen MR) is 91.4 cm³/mol. The Morgan fingerprint density at radius 2 is 2.17 bits per heavy atom. The van der Waals surface area contributed by atoms with Crippen LogP contribution in [0.25, 0.3) is 5.65 Å². The number of hydrogen-bond acceptors (Lipinski definition) is 3. The fourth-order valence-corrected chi connectivity index (χ4v) is 3.62. The lowest BCUT2D eigenvalue weighted by Gasteiger charge is -2.17. The molecule has 0 radical (unpaired) electrons. The number of amides is 1. The number of imidazole rings is 1. The lowest BCUT2D eigenvalue weighted by atomic mass is 9.91. The van der Waals surface area contributed by atoms with Crippen molar-refractivity contribution < 1.29 is 9.90 Å². The molecule has 122 valence electrons. The largest absolute Gasteiger partial charge is 0.508 e. The smallest absolute Gasteiger partial charge is 0.221 e. The number of pyridine rings is 1. The number of phenolic OH excluding ortho intramolecular Hbond substituents is 1. The number of rotatable bonds is 1. The van der Waals surface area contributed by atoms with E-state index in [1.807, 2.05) is 29.7 Å². The van der Waals surface area contributed by atoms with Gasteiger partial charge in [0.25, 0.3) is 0 Å². The molecule has 0 fully saturated rings. The number of benzene rings is 1. The van der Waals surface area contributed by atoms with Gasteiger partial charge in [-0.05, 0) is 36.2 Å². The highest BCUT2D eigenvalue weighted by Crippen LogP contribution is 2.37. The minimum absolute atomic E-state index is 0.0384. The Morgan fingerprint density at radius 3 is 2.96 bits per heavy atom. The second-order valence-corrected chi connectivity index (χ2v) is 6.52. The third-order valence-electron chi connectivity index (χ3n) is 4.41. The predicted octanol–water partition coefficient (Wildman–Crippen LogP) is 3.15. The first kappa shape index (κ1) is 15.0. The van der Waals surface area contributed by atoms with Crippen molar-refractivity contribution in [2.24, 2.45) is 0 Å². The van der Waals surface area contributed by atoms with Crippen molar-refractivity contribution in [2.45, 2.75) is 25.8 Å². The molecular formula is C18H16ClN3O2. The van der Waals surface area contributed by atoms with Crippen molar-refractivity contribution in [2.75, 3.05) is 0 Å². The van der Waals surface area contributed by atoms with Crippen LogP contribution in [-0.2, 0) is 11.3 Å². The summed E-state index contributed by atoms with van der Waals surface area (Å²) in [6.07, 6.45) is 2.32. The number of carbonyl (C=O) groups is 1. The highest BCUT2D eigenvalue weighted by Gasteiger charge is 2.30. The molecule has 1 amide bonds. The van der Waals surface area contributed by atoms with E-state index >= 15 is 0 Å². The van der Waals surface area contributed by atoms with E-state index in [-0.39, 0.29) is 17.6 Å². The molecule has 0 saturated carbocycles. The highest BCUT2D eigenvalue weighted by molar-refractivity contribution is 6.31. The van der Waals surface area contributed by atoms with Crippen LogP contribution in [0.15, 0.2) is 36.5 Å². The normalized spacial score (nSPS) is 17.4. The quantitative estimate of drug-likeness (QED) is 0.714. The summed E-state index contributed by atoms with van der Waals surface area (Å²) >= 11 is 6.36. The van der Waals surface area contributed by atoms with Crippen LogP contribution >= 0.6 is 11.6 Å². The van der Waals surface area contributed by atoms with E-state index in [0.717, 1.165) is 28.2 Å². The Bertz CT molecular complexity index is 964. The summed E-state index contributed by atoms with van der Waals surface area (Å²) in [5.41, 5.74) is 4.60. The molecule has 0 bridgehead atoms. The first-order chi connectivity index (χ1) is 11.5. The van der Waals surface area contributed by atoms with Crippen LogP contribution in [0.3, 0.4) is 0 Å². The second-order valence-electron chi connectivity index (χ2n) is 6.12.